The van der Waals surface area contributed by atoms with Gasteiger partial charge in [-0.25, -0.2) is 0 Å². The second-order valence-electron chi connectivity index (χ2n) is 3.57. The number of hydrogen-bond acceptors (Lipinski definition) is 2. The molecular weight excluding hydrogens is 221 g/mol. The van der Waals surface area contributed by atoms with Crippen molar-refractivity contribution in [3.8, 4) is 0 Å². The predicted octanol–water partition coefficient (Wildman–Crippen LogP) is 1.93. The van der Waals surface area contributed by atoms with E-state index in [-0.39, 0.29) is 5.78 Å². The number of allylic oxidation sites excluding steroid dienone is 6. The van der Waals surface area contributed by atoms with E-state index in [4.69, 9.17) is 5.64 Å². The Kier molecular flexibility index (Phi) is 5.61. The molecule has 0 aromatic heterocycles. The van der Waals surface area contributed by atoms with Crippen LogP contribution < -0.4 is 11.1 Å². The van der Waals surface area contributed by atoms with Crippen LogP contribution in [0, 0.1) is 0 Å². The first-order valence-electron chi connectivity index (χ1n) is 5.54. The van der Waals surface area contributed by atoms with Crippen molar-refractivity contribution in [2.75, 3.05) is 0 Å². The molecule has 0 heterocycles. The summed E-state index contributed by atoms with van der Waals surface area (Å²) in [6.45, 7) is 7.18. The van der Waals surface area contributed by atoms with Gasteiger partial charge < -0.3 is 5.64 Å². The highest BCUT2D eigenvalue weighted by Crippen LogP contribution is 2.09. The first-order valence-corrected chi connectivity index (χ1v) is 5.54. The lowest BCUT2D eigenvalue weighted by atomic mass is 9.84. The molecule has 0 amide bonds. The summed E-state index contributed by atoms with van der Waals surface area (Å²) in [6, 6.07) is 7.10. The quantitative estimate of drug-likeness (QED) is 0.355. The number of ketones is 1. The molecule has 0 saturated carbocycles. The fraction of sp³-hybridized carbons (Fsp3) is 0. The molecule has 0 aliphatic rings. The van der Waals surface area contributed by atoms with Crippen LogP contribution in [-0.2, 0) is 0 Å². The number of hydrogen-bond donors (Lipinski definition) is 1. The summed E-state index contributed by atoms with van der Waals surface area (Å²) in [5.74, 6) is -0.0587. The van der Waals surface area contributed by atoms with Crippen LogP contribution in [0.15, 0.2) is 73.4 Å². The van der Waals surface area contributed by atoms with Crippen LogP contribution in [0.1, 0.15) is 10.4 Å². The third kappa shape index (κ3) is 3.72. The Bertz CT molecular complexity index is 498. The maximum Gasteiger partial charge on any atom is 0.241 e. The molecule has 0 aliphatic heterocycles. The first kappa shape index (κ1) is 13.9. The molecule has 2 nitrogen and oxygen atoms in total. The molecule has 1 aromatic rings. The topological polar surface area (TPSA) is 43.1 Å². The van der Waals surface area contributed by atoms with Gasteiger partial charge in [-0.2, -0.15) is 0 Å². The molecule has 2 N–H and O–H groups in total. The van der Waals surface area contributed by atoms with Crippen LogP contribution >= 0.6 is 0 Å². The van der Waals surface area contributed by atoms with Crippen molar-refractivity contribution in [2.45, 2.75) is 0 Å². The molecular formula is C15H15BNO. The van der Waals surface area contributed by atoms with E-state index in [1.54, 1.807) is 54.6 Å². The fourth-order valence-electron chi connectivity index (χ4n) is 1.42. The van der Waals surface area contributed by atoms with Gasteiger partial charge in [0.2, 0.25) is 7.41 Å². The van der Waals surface area contributed by atoms with Gasteiger partial charge in [-0.05, 0) is 0 Å². The Morgan fingerprint density at radius 1 is 1.17 bits per heavy atom. The van der Waals surface area contributed by atoms with E-state index in [2.05, 4.69) is 13.2 Å². The van der Waals surface area contributed by atoms with Crippen molar-refractivity contribution in [3.05, 3.63) is 78.9 Å². The normalized spacial score (nSPS) is 11.3. The van der Waals surface area contributed by atoms with Crippen molar-refractivity contribution in [2.24, 2.45) is 5.64 Å². The van der Waals surface area contributed by atoms with Crippen LogP contribution in [0.2, 0.25) is 0 Å². The minimum Gasteiger partial charge on any atom is -0.370 e. The Labute approximate surface area is 108 Å². The van der Waals surface area contributed by atoms with Gasteiger partial charge in [-0.3, -0.25) is 4.79 Å². The van der Waals surface area contributed by atoms with Crippen LogP contribution in [0.3, 0.4) is 0 Å². The van der Waals surface area contributed by atoms with Crippen LogP contribution in [-0.4, -0.2) is 13.2 Å². The molecule has 89 valence electrons. The summed E-state index contributed by atoms with van der Waals surface area (Å²) in [5, 5.41) is 0. The van der Waals surface area contributed by atoms with Gasteiger partial charge in [0.25, 0.3) is 0 Å². The number of Topliss-reactive ketones (excluding diaryl/α,β-unsaturated/α-hetero) is 1. The first-order chi connectivity index (χ1) is 8.72. The Hall–Kier alpha value is -2.13. The highest BCUT2D eigenvalue weighted by atomic mass is 16.1. The fourth-order valence-corrected chi connectivity index (χ4v) is 1.42. The summed E-state index contributed by atoms with van der Waals surface area (Å²) in [7, 11) is 1.49. The SMILES string of the molecule is C=C/C=C\C(=C/C=C)C(=O)c1ccc([B]N)cc1. The standard InChI is InChI=1S/C15H15BNO/c1-3-5-7-12(6-4-2)15(18)13-8-10-14(16-17)11-9-13/h3-11H,1-2,17H2/b7-5-,12-6+. The molecule has 0 spiro atoms. The number of carbonyl (C=O) groups excluding carboxylic acids is 1. The lowest BCUT2D eigenvalue weighted by molar-refractivity contribution is 0.103. The maximum absolute atomic E-state index is 12.2. The van der Waals surface area contributed by atoms with Crippen molar-refractivity contribution < 1.29 is 4.79 Å². The zero-order valence-electron chi connectivity index (χ0n) is 10.2. The molecule has 18 heavy (non-hydrogen) atoms. The van der Waals surface area contributed by atoms with E-state index in [1.165, 1.54) is 7.41 Å². The molecule has 0 fully saturated rings. The van der Waals surface area contributed by atoms with E-state index < -0.39 is 0 Å². The van der Waals surface area contributed by atoms with E-state index in [1.807, 2.05) is 0 Å². The van der Waals surface area contributed by atoms with Gasteiger partial charge in [0.05, 0.1) is 0 Å². The molecule has 1 radical (unpaired) electrons. The molecule has 3 heteroatoms. The third-order valence-corrected chi connectivity index (χ3v) is 2.34. The van der Waals surface area contributed by atoms with Crippen molar-refractivity contribution in [1.82, 2.24) is 0 Å². The number of benzene rings is 1. The summed E-state index contributed by atoms with van der Waals surface area (Å²) >= 11 is 0. The summed E-state index contributed by atoms with van der Waals surface area (Å²) < 4.78 is 0. The van der Waals surface area contributed by atoms with Gasteiger partial charge in [0, 0.05) is 11.1 Å². The van der Waals surface area contributed by atoms with Crippen LogP contribution in [0.4, 0.5) is 0 Å². The smallest absolute Gasteiger partial charge is 0.241 e. The Morgan fingerprint density at radius 3 is 2.33 bits per heavy atom. The molecule has 0 bridgehead atoms. The van der Waals surface area contributed by atoms with Crippen LogP contribution in [0.25, 0.3) is 0 Å². The van der Waals surface area contributed by atoms with Crippen molar-refractivity contribution in [3.63, 3.8) is 0 Å². The maximum atomic E-state index is 12.2. The second-order valence-corrected chi connectivity index (χ2v) is 3.57. The number of nitrogens with two attached hydrogens (primary N) is 1. The Balaban J connectivity index is 3.01. The van der Waals surface area contributed by atoms with Crippen molar-refractivity contribution >= 4 is 18.7 Å². The predicted molar refractivity (Wildman–Crippen MR) is 78.0 cm³/mol. The molecule has 0 atom stereocenters. The molecule has 1 aromatic carbocycles. The molecule has 1 rings (SSSR count). The van der Waals surface area contributed by atoms with E-state index >= 15 is 0 Å². The lowest BCUT2D eigenvalue weighted by Crippen LogP contribution is -2.22. The zero-order valence-corrected chi connectivity index (χ0v) is 10.2. The van der Waals surface area contributed by atoms with E-state index in [0.29, 0.717) is 11.1 Å². The largest absolute Gasteiger partial charge is 0.370 e. The van der Waals surface area contributed by atoms with Crippen LogP contribution in [0.5, 0.6) is 0 Å². The highest BCUT2D eigenvalue weighted by Gasteiger charge is 2.08. The molecule has 0 aliphatic carbocycles. The van der Waals surface area contributed by atoms with Gasteiger partial charge in [0.1, 0.15) is 0 Å². The monoisotopic (exact) mass is 236 g/mol. The van der Waals surface area contributed by atoms with E-state index in [0.717, 1.165) is 5.46 Å². The van der Waals surface area contributed by atoms with Gasteiger partial charge in [-0.15, -0.1) is 0 Å². The minimum absolute atomic E-state index is 0.0587. The summed E-state index contributed by atoms with van der Waals surface area (Å²) in [5.41, 5.74) is 7.45. The number of rotatable bonds is 6. The molecule has 0 saturated heterocycles. The zero-order chi connectivity index (χ0) is 13.4. The summed E-state index contributed by atoms with van der Waals surface area (Å²) in [6.07, 6.45) is 8.31. The average molecular weight is 236 g/mol. The van der Waals surface area contributed by atoms with Gasteiger partial charge in [0.15, 0.2) is 5.78 Å². The Morgan fingerprint density at radius 2 is 1.83 bits per heavy atom. The number of carbonyl (C=O) groups is 1. The van der Waals surface area contributed by atoms with Gasteiger partial charge in [-0.1, -0.05) is 73.3 Å². The highest BCUT2D eigenvalue weighted by molar-refractivity contribution is 6.49. The lowest BCUT2D eigenvalue weighted by Gasteiger charge is -2.02. The summed E-state index contributed by atoms with van der Waals surface area (Å²) in [4.78, 5) is 12.2. The minimum atomic E-state index is -0.0587. The second kappa shape index (κ2) is 7.25. The van der Waals surface area contributed by atoms with Gasteiger partial charge >= 0.3 is 0 Å². The molecule has 0 unspecified atom stereocenters. The third-order valence-electron chi connectivity index (χ3n) is 2.34. The average Bonchev–Trinajstić information content (AvgIpc) is 2.43. The van der Waals surface area contributed by atoms with Crippen molar-refractivity contribution in [1.29, 1.82) is 0 Å². The van der Waals surface area contributed by atoms with E-state index in [9.17, 15) is 4.79 Å².